The van der Waals surface area contributed by atoms with Crippen molar-refractivity contribution in [1.82, 2.24) is 10.3 Å². The highest BCUT2D eigenvalue weighted by molar-refractivity contribution is 7.19. The van der Waals surface area contributed by atoms with Gasteiger partial charge in [0, 0.05) is 28.0 Å². The van der Waals surface area contributed by atoms with Crippen LogP contribution in [0.4, 0.5) is 0 Å². The predicted molar refractivity (Wildman–Crippen MR) is 84.6 cm³/mol. The summed E-state index contributed by atoms with van der Waals surface area (Å²) in [6.45, 7) is 2.05. The number of aliphatic hydroxyl groups excluding tert-OH is 1. The molecule has 0 aliphatic heterocycles. The van der Waals surface area contributed by atoms with Gasteiger partial charge in [-0.15, -0.1) is 11.3 Å². The topological polar surface area (TPSA) is 65.1 Å². The molecule has 0 saturated carbocycles. The molecule has 1 aromatic carbocycles. The van der Waals surface area contributed by atoms with Crippen molar-refractivity contribution in [3.63, 3.8) is 0 Å². The summed E-state index contributed by atoms with van der Waals surface area (Å²) in [5.41, 5.74) is 1.43. The lowest BCUT2D eigenvalue weighted by Gasteiger charge is -2.10. The van der Waals surface area contributed by atoms with E-state index in [4.69, 9.17) is 0 Å². The molecule has 0 bridgehead atoms. The van der Waals surface area contributed by atoms with E-state index in [1.807, 2.05) is 37.3 Å². The van der Waals surface area contributed by atoms with Crippen LogP contribution in [0.25, 0.3) is 10.1 Å². The van der Waals surface area contributed by atoms with Crippen LogP contribution in [0.2, 0.25) is 0 Å². The Morgan fingerprint density at radius 3 is 2.90 bits per heavy atom. The van der Waals surface area contributed by atoms with Crippen LogP contribution in [0.5, 0.6) is 0 Å². The zero-order chi connectivity index (χ0) is 14.8. The fourth-order valence-corrected chi connectivity index (χ4v) is 3.30. The Morgan fingerprint density at radius 1 is 1.38 bits per heavy atom. The van der Waals surface area contributed by atoms with Crippen molar-refractivity contribution in [3.05, 3.63) is 58.7 Å². The third-order valence-corrected chi connectivity index (χ3v) is 4.64. The number of nitrogens with one attached hydrogen (secondary N) is 2. The number of thiophene rings is 1. The zero-order valence-corrected chi connectivity index (χ0v) is 12.4. The lowest BCUT2D eigenvalue weighted by Crippen LogP contribution is -2.28. The van der Waals surface area contributed by atoms with Gasteiger partial charge in [-0.05, 0) is 30.5 Å². The van der Waals surface area contributed by atoms with Gasteiger partial charge in [-0.3, -0.25) is 4.79 Å². The molecule has 3 rings (SSSR count). The van der Waals surface area contributed by atoms with Crippen molar-refractivity contribution in [2.75, 3.05) is 6.54 Å². The van der Waals surface area contributed by atoms with Gasteiger partial charge in [0.05, 0.1) is 5.56 Å². The smallest absolute Gasteiger partial charge is 0.253 e. The maximum atomic E-state index is 12.0. The predicted octanol–water partition coefficient (Wildman–Crippen LogP) is 3.00. The second kappa shape index (κ2) is 5.71. The van der Waals surface area contributed by atoms with Crippen LogP contribution >= 0.6 is 11.3 Å². The van der Waals surface area contributed by atoms with Crippen molar-refractivity contribution in [1.29, 1.82) is 0 Å². The van der Waals surface area contributed by atoms with E-state index in [1.54, 1.807) is 23.6 Å². The van der Waals surface area contributed by atoms with E-state index in [2.05, 4.69) is 10.3 Å². The van der Waals surface area contributed by atoms with E-state index >= 15 is 0 Å². The fourth-order valence-electron chi connectivity index (χ4n) is 2.25. The number of carbonyl (C=O) groups is 1. The van der Waals surface area contributed by atoms with Gasteiger partial charge in [0.2, 0.25) is 0 Å². The molecule has 2 aromatic heterocycles. The molecule has 21 heavy (non-hydrogen) atoms. The summed E-state index contributed by atoms with van der Waals surface area (Å²) >= 11 is 1.55. The lowest BCUT2D eigenvalue weighted by atomic mass is 10.2. The largest absolute Gasteiger partial charge is 0.386 e. The minimum Gasteiger partial charge on any atom is -0.386 e. The first-order valence-electron chi connectivity index (χ1n) is 6.74. The van der Waals surface area contributed by atoms with Gasteiger partial charge in [0.1, 0.15) is 6.10 Å². The minimum absolute atomic E-state index is 0.172. The minimum atomic E-state index is -0.689. The summed E-state index contributed by atoms with van der Waals surface area (Å²) in [4.78, 5) is 15.8. The molecular weight excluding hydrogens is 284 g/mol. The number of benzene rings is 1. The van der Waals surface area contributed by atoms with Crippen LogP contribution in [-0.4, -0.2) is 22.5 Å². The molecule has 4 nitrogen and oxygen atoms in total. The first kappa shape index (κ1) is 13.9. The van der Waals surface area contributed by atoms with Crippen LogP contribution in [0.15, 0.2) is 42.6 Å². The zero-order valence-electron chi connectivity index (χ0n) is 11.6. The van der Waals surface area contributed by atoms with E-state index in [0.29, 0.717) is 5.56 Å². The van der Waals surface area contributed by atoms with E-state index in [1.165, 1.54) is 0 Å². The summed E-state index contributed by atoms with van der Waals surface area (Å²) < 4.78 is 1.14. The molecule has 5 heteroatoms. The highest BCUT2D eigenvalue weighted by atomic mass is 32.1. The second-order valence-corrected chi connectivity index (χ2v) is 6.04. The maximum absolute atomic E-state index is 12.0. The SMILES string of the molecule is Cc1[nH]ccc1C(=O)NC[C@@H](O)c1cc2ccccc2s1. The monoisotopic (exact) mass is 300 g/mol. The average Bonchev–Trinajstić information content (AvgIpc) is 3.10. The quantitative estimate of drug-likeness (QED) is 0.693. The molecule has 1 atom stereocenters. The van der Waals surface area contributed by atoms with Gasteiger partial charge in [0.15, 0.2) is 0 Å². The van der Waals surface area contributed by atoms with Crippen molar-refractivity contribution in [3.8, 4) is 0 Å². The van der Waals surface area contributed by atoms with Crippen molar-refractivity contribution in [2.24, 2.45) is 0 Å². The summed E-state index contributed by atoms with van der Waals surface area (Å²) in [5, 5.41) is 14.1. The van der Waals surface area contributed by atoms with Crippen molar-refractivity contribution < 1.29 is 9.90 Å². The molecule has 0 radical (unpaired) electrons. The average molecular weight is 300 g/mol. The number of aromatic nitrogens is 1. The molecule has 1 amide bonds. The summed E-state index contributed by atoms with van der Waals surface area (Å²) in [6.07, 6.45) is 1.04. The molecule has 2 heterocycles. The molecule has 3 N–H and O–H groups in total. The molecule has 108 valence electrons. The number of aryl methyl sites for hydroxylation is 1. The van der Waals surface area contributed by atoms with Gasteiger partial charge in [-0.1, -0.05) is 18.2 Å². The molecule has 0 spiro atoms. The van der Waals surface area contributed by atoms with Gasteiger partial charge >= 0.3 is 0 Å². The van der Waals surface area contributed by atoms with E-state index < -0.39 is 6.10 Å². The highest BCUT2D eigenvalue weighted by Gasteiger charge is 2.14. The number of hydrogen-bond acceptors (Lipinski definition) is 3. The molecule has 0 aliphatic rings. The standard InChI is InChI=1S/C16H16N2O2S/c1-10-12(6-7-17-10)16(20)18-9-13(19)15-8-11-4-2-3-5-14(11)21-15/h2-8,13,17,19H,9H2,1H3,(H,18,20)/t13-/m1/s1. The first-order valence-corrected chi connectivity index (χ1v) is 7.55. The van der Waals surface area contributed by atoms with E-state index in [9.17, 15) is 9.90 Å². The Morgan fingerprint density at radius 2 is 2.19 bits per heavy atom. The maximum Gasteiger partial charge on any atom is 0.253 e. The van der Waals surface area contributed by atoms with E-state index in [-0.39, 0.29) is 12.5 Å². The third kappa shape index (κ3) is 2.84. The van der Waals surface area contributed by atoms with Gasteiger partial charge in [0.25, 0.3) is 5.91 Å². The van der Waals surface area contributed by atoms with Crippen LogP contribution in [0.1, 0.15) is 27.0 Å². The fraction of sp³-hybridized carbons (Fsp3) is 0.188. The number of rotatable bonds is 4. The number of fused-ring (bicyclic) bond motifs is 1. The lowest BCUT2D eigenvalue weighted by molar-refractivity contribution is 0.0917. The number of hydrogen-bond donors (Lipinski definition) is 3. The molecule has 3 aromatic rings. The van der Waals surface area contributed by atoms with E-state index in [0.717, 1.165) is 20.7 Å². The van der Waals surface area contributed by atoms with Gasteiger partial charge < -0.3 is 15.4 Å². The van der Waals surface area contributed by atoms with Gasteiger partial charge in [-0.2, -0.15) is 0 Å². The Bertz CT molecular complexity index is 742. The highest BCUT2D eigenvalue weighted by Crippen LogP contribution is 2.29. The van der Waals surface area contributed by atoms with Gasteiger partial charge in [-0.25, -0.2) is 0 Å². The molecule has 0 saturated heterocycles. The Hall–Kier alpha value is -2.11. The third-order valence-electron chi connectivity index (χ3n) is 3.43. The number of H-pyrrole nitrogens is 1. The van der Waals surface area contributed by atoms with Crippen LogP contribution in [0.3, 0.4) is 0 Å². The second-order valence-electron chi connectivity index (χ2n) is 4.93. The number of aliphatic hydroxyl groups is 1. The summed E-state index contributed by atoms with van der Waals surface area (Å²) in [7, 11) is 0. The van der Waals surface area contributed by atoms with Crippen molar-refractivity contribution >= 4 is 27.3 Å². The molecular formula is C16H16N2O2S. The van der Waals surface area contributed by atoms with Crippen LogP contribution < -0.4 is 5.32 Å². The molecule has 0 aliphatic carbocycles. The molecule has 0 unspecified atom stereocenters. The molecule has 0 fully saturated rings. The Labute approximate surface area is 126 Å². The number of amides is 1. The number of carbonyl (C=O) groups excluding carboxylic acids is 1. The summed E-state index contributed by atoms with van der Waals surface area (Å²) in [5.74, 6) is -0.172. The normalized spacial score (nSPS) is 12.5. The Kier molecular flexibility index (Phi) is 3.77. The Balaban J connectivity index is 1.67. The summed E-state index contributed by atoms with van der Waals surface area (Å²) in [6, 6.07) is 11.7. The first-order chi connectivity index (χ1) is 10.1. The number of aromatic amines is 1. The van der Waals surface area contributed by atoms with Crippen LogP contribution in [-0.2, 0) is 0 Å². The van der Waals surface area contributed by atoms with Crippen LogP contribution in [0, 0.1) is 6.92 Å². The van der Waals surface area contributed by atoms with Crippen molar-refractivity contribution in [2.45, 2.75) is 13.0 Å².